The van der Waals surface area contributed by atoms with Crippen LogP contribution in [-0.2, 0) is 0 Å². The van der Waals surface area contributed by atoms with Gasteiger partial charge in [0.2, 0.25) is 0 Å². The zero-order valence-corrected chi connectivity index (χ0v) is 46.9. The van der Waals surface area contributed by atoms with Gasteiger partial charge in [-0.15, -0.1) is 0 Å². The third-order valence-corrected chi connectivity index (χ3v) is 16.1. The molecule has 13 aromatic rings. The van der Waals surface area contributed by atoms with Crippen molar-refractivity contribution in [3.8, 4) is 108 Å². The van der Waals surface area contributed by atoms with Crippen LogP contribution < -0.4 is 0 Å². The normalized spacial score (nSPS) is 10.6. The minimum Gasteiger partial charge on any atom is -0.309 e. The highest BCUT2D eigenvalue weighted by atomic mass is 15.0. The predicted octanol–water partition coefficient (Wildman–Crippen LogP) is 20.3. The van der Waals surface area contributed by atoms with Crippen LogP contribution in [0.15, 0.2) is 200 Å². The summed E-state index contributed by atoms with van der Waals surface area (Å²) in [7, 11) is 0. The molecule has 0 aliphatic heterocycles. The number of nitrogens with zero attached hydrogens (tertiary/aromatic N) is 12. The number of fused-ring (bicyclic) bond motifs is 6. The molecule has 0 unspecified atom stereocenters. The molecule has 0 N–H and O–H groups in total. The summed E-state index contributed by atoms with van der Waals surface area (Å²) in [4.78, 5) is 18.8. The highest BCUT2D eigenvalue weighted by Crippen LogP contribution is 2.47. The SMILES string of the molecule is [C-]#[N+]c1cc(C#N)cc(-c2ccc3c(c2)c2cc(-c4cc(C#N)cc(C#N)c4)ccc2n3-c2ccc([N+]#[C-])cc2-c2ccc(-c3ccc(C#N)cc3C)cc2-n2c3ccc(-c4cc(C#N)cc([N+]#[C-])c4)cc3c3cc(-c4cc([N+]#[C-])cc([N+]#[C-])c4)ccc32)c1. The maximum atomic E-state index is 10.1. The van der Waals surface area contributed by atoms with Gasteiger partial charge in [-0.1, -0.05) is 66.7 Å². The number of nitriles is 5. The van der Waals surface area contributed by atoms with E-state index in [4.69, 9.17) is 32.9 Å². The van der Waals surface area contributed by atoms with Gasteiger partial charge in [-0.25, -0.2) is 24.2 Å². The Morgan fingerprint density at radius 3 is 1.06 bits per heavy atom. The van der Waals surface area contributed by atoms with Gasteiger partial charge in [0.25, 0.3) is 0 Å². The molecule has 404 valence electrons. The molecule has 0 saturated carbocycles. The van der Waals surface area contributed by atoms with E-state index in [-0.39, 0.29) is 0 Å². The Hall–Kier alpha value is -14.1. The van der Waals surface area contributed by atoms with Crippen LogP contribution in [-0.4, -0.2) is 9.13 Å². The molecular formula is C77H36N12. The Bertz CT molecular complexity index is 5390. The summed E-state index contributed by atoms with van der Waals surface area (Å²) in [5.41, 5.74) is 17.9. The lowest BCUT2D eigenvalue weighted by Crippen LogP contribution is -2.02. The van der Waals surface area contributed by atoms with E-state index in [1.165, 1.54) is 0 Å². The lowest BCUT2D eigenvalue weighted by Gasteiger charge is -2.21. The molecule has 0 amide bonds. The van der Waals surface area contributed by atoms with E-state index in [0.29, 0.717) is 84.1 Å². The molecule has 0 radical (unpaired) electrons. The van der Waals surface area contributed by atoms with Crippen molar-refractivity contribution in [3.63, 3.8) is 0 Å². The minimum absolute atomic E-state index is 0.320. The van der Waals surface area contributed by atoms with Gasteiger partial charge >= 0.3 is 0 Å². The Kier molecular flexibility index (Phi) is 13.3. The number of benzene rings is 11. The van der Waals surface area contributed by atoms with Crippen LogP contribution in [0.2, 0.25) is 0 Å². The van der Waals surface area contributed by atoms with Crippen molar-refractivity contribution < 1.29 is 0 Å². The van der Waals surface area contributed by atoms with Crippen LogP contribution in [0.3, 0.4) is 0 Å². The van der Waals surface area contributed by atoms with E-state index in [0.717, 1.165) is 99.5 Å². The molecule has 12 nitrogen and oxygen atoms in total. The van der Waals surface area contributed by atoms with Gasteiger partial charge in [-0.3, -0.25) is 0 Å². The van der Waals surface area contributed by atoms with Crippen LogP contribution >= 0.6 is 0 Å². The number of rotatable bonds is 8. The van der Waals surface area contributed by atoms with Crippen LogP contribution in [0.5, 0.6) is 0 Å². The molecule has 0 saturated heterocycles. The molecule has 12 heteroatoms. The van der Waals surface area contributed by atoms with E-state index in [9.17, 15) is 26.3 Å². The second-order valence-corrected chi connectivity index (χ2v) is 21.3. The predicted molar refractivity (Wildman–Crippen MR) is 347 cm³/mol. The Morgan fingerprint density at radius 2 is 0.640 bits per heavy atom. The van der Waals surface area contributed by atoms with E-state index in [1.807, 2.05) is 97.9 Å². The van der Waals surface area contributed by atoms with Gasteiger partial charge in [0.1, 0.15) is 0 Å². The van der Waals surface area contributed by atoms with Crippen molar-refractivity contribution in [1.29, 1.82) is 26.3 Å². The van der Waals surface area contributed by atoms with Gasteiger partial charge in [0, 0.05) is 38.2 Å². The first-order valence-electron chi connectivity index (χ1n) is 27.5. The fraction of sp³-hybridized carbons (Fsp3) is 0.0130. The molecule has 89 heavy (non-hydrogen) atoms. The van der Waals surface area contributed by atoms with Crippen molar-refractivity contribution in [2.24, 2.45) is 0 Å². The van der Waals surface area contributed by atoms with Gasteiger partial charge in [0.05, 0.1) is 113 Å². The minimum atomic E-state index is 0.320. The zero-order valence-electron chi connectivity index (χ0n) is 46.9. The molecule has 13 rings (SSSR count). The number of aromatic nitrogens is 2. The Labute approximate surface area is 510 Å². The van der Waals surface area contributed by atoms with E-state index in [2.05, 4.69) is 88.0 Å². The number of aryl methyl sites for hydroxylation is 1. The molecule has 11 aromatic carbocycles. The lowest BCUT2D eigenvalue weighted by molar-refractivity contribution is 1.16. The van der Waals surface area contributed by atoms with Gasteiger partial charge in [0.15, 0.2) is 28.4 Å². The number of hydrogen-bond acceptors (Lipinski definition) is 5. The highest BCUT2D eigenvalue weighted by molar-refractivity contribution is 6.14. The van der Waals surface area contributed by atoms with Crippen LogP contribution in [0, 0.1) is 96.4 Å². The molecule has 0 bridgehead atoms. The molecule has 0 atom stereocenters. The topological polar surface area (TPSA) is 151 Å². The lowest BCUT2D eigenvalue weighted by atomic mass is 9.93. The molecular weight excluding hydrogens is 1090 g/mol. The average Bonchev–Trinajstić information content (AvgIpc) is 1.77. The quantitative estimate of drug-likeness (QED) is 0.139. The maximum Gasteiger partial charge on any atom is 0.189 e. The molecule has 0 aliphatic carbocycles. The Morgan fingerprint density at radius 1 is 0.270 bits per heavy atom. The van der Waals surface area contributed by atoms with E-state index in [1.54, 1.807) is 84.9 Å². The van der Waals surface area contributed by atoms with E-state index < -0.39 is 0 Å². The fourth-order valence-corrected chi connectivity index (χ4v) is 12.1. The summed E-state index contributed by atoms with van der Waals surface area (Å²) in [5, 5.41) is 53.4. The standard InChI is InChI=1S/C77H36N12/c1-45-21-46(40-78)7-14-65(45)55-8-15-66(77(37-55)89-74-18-11-53(58-26-50(44-82)28-62(30-58)85-4)35-69(74)70-36-54(12-19-75(70)89)59-31-63(86-5)38-64(32-59)87-6)71-39-60(83-2)13-20-76(71)88-72-16-9-51(56-23-47(41-79)22-48(24-56)42-80)33-67(72)68-34-52(10-17-73(68)88)57-25-49(43-81)27-61(29-57)84-3/h7-39H,1H3. The van der Waals surface area contributed by atoms with Crippen LogP contribution in [0.25, 0.3) is 146 Å². The molecule has 0 spiro atoms. The van der Waals surface area contributed by atoms with Crippen molar-refractivity contribution in [2.45, 2.75) is 6.92 Å². The smallest absolute Gasteiger partial charge is 0.189 e. The molecule has 2 aromatic heterocycles. The summed E-state index contributed by atoms with van der Waals surface area (Å²) in [6.07, 6.45) is 0. The van der Waals surface area contributed by atoms with Gasteiger partial charge in [-0.05, 0) is 207 Å². The zero-order chi connectivity index (χ0) is 61.6. The highest BCUT2D eigenvalue weighted by Gasteiger charge is 2.24. The van der Waals surface area contributed by atoms with Crippen molar-refractivity contribution in [2.75, 3.05) is 0 Å². The second-order valence-electron chi connectivity index (χ2n) is 21.3. The average molecular weight is 1130 g/mol. The summed E-state index contributed by atoms with van der Waals surface area (Å²) in [5.74, 6) is 0. The first-order valence-corrected chi connectivity index (χ1v) is 27.5. The van der Waals surface area contributed by atoms with Crippen LogP contribution in [0.4, 0.5) is 28.4 Å². The fourth-order valence-electron chi connectivity index (χ4n) is 12.1. The van der Waals surface area contributed by atoms with Crippen molar-refractivity contribution in [1.82, 2.24) is 9.13 Å². The summed E-state index contributed by atoms with van der Waals surface area (Å²) in [6, 6.07) is 73.0. The largest absolute Gasteiger partial charge is 0.309 e. The molecule has 2 heterocycles. The van der Waals surface area contributed by atoms with Crippen molar-refractivity contribution in [3.05, 3.63) is 291 Å². The van der Waals surface area contributed by atoms with Gasteiger partial charge in [-0.2, -0.15) is 26.3 Å². The maximum absolute atomic E-state index is 10.1. The first-order chi connectivity index (χ1) is 43.5. The van der Waals surface area contributed by atoms with E-state index >= 15 is 0 Å². The number of hydrogen-bond donors (Lipinski definition) is 0. The molecule has 0 aliphatic rings. The third kappa shape index (κ3) is 9.47. The molecule has 0 fully saturated rings. The van der Waals surface area contributed by atoms with Crippen molar-refractivity contribution >= 4 is 72.0 Å². The summed E-state index contributed by atoms with van der Waals surface area (Å²) >= 11 is 0. The monoisotopic (exact) mass is 1130 g/mol. The van der Waals surface area contributed by atoms with Gasteiger partial charge < -0.3 is 9.13 Å². The summed E-state index contributed by atoms with van der Waals surface area (Å²) in [6.45, 7) is 42.0. The second kappa shape index (κ2) is 21.9. The summed E-state index contributed by atoms with van der Waals surface area (Å²) < 4.78 is 4.36. The Balaban J connectivity index is 1.13. The third-order valence-electron chi connectivity index (χ3n) is 16.1. The first kappa shape index (κ1) is 54.2. The van der Waals surface area contributed by atoms with Crippen LogP contribution in [0.1, 0.15) is 33.4 Å².